The van der Waals surface area contributed by atoms with Crippen molar-refractivity contribution in [1.29, 1.82) is 0 Å². The number of hydrogen-bond donors (Lipinski definition) is 0. The van der Waals surface area contributed by atoms with Crippen LogP contribution in [0.2, 0.25) is 0 Å². The van der Waals surface area contributed by atoms with Crippen LogP contribution in [0.25, 0.3) is 10.2 Å². The van der Waals surface area contributed by atoms with Gasteiger partial charge in [-0.1, -0.05) is 12.8 Å². The first-order chi connectivity index (χ1) is 9.20. The molecule has 102 valence electrons. The van der Waals surface area contributed by atoms with Gasteiger partial charge in [0.15, 0.2) is 0 Å². The third kappa shape index (κ3) is 2.16. The minimum atomic E-state index is -0.221. The Balaban J connectivity index is 2.02. The van der Waals surface area contributed by atoms with E-state index in [-0.39, 0.29) is 5.97 Å². The molecular weight excluding hydrogens is 260 g/mol. The Labute approximate surface area is 116 Å². The van der Waals surface area contributed by atoms with E-state index in [1.165, 1.54) is 37.0 Å². The fourth-order valence-electron chi connectivity index (χ4n) is 2.77. The van der Waals surface area contributed by atoms with E-state index in [0.717, 1.165) is 15.9 Å². The van der Waals surface area contributed by atoms with E-state index in [1.807, 2.05) is 19.9 Å². The highest BCUT2D eigenvalue weighted by molar-refractivity contribution is 7.20. The number of fused-ring (bicyclic) bond motifs is 1. The first kappa shape index (κ1) is 12.7. The van der Waals surface area contributed by atoms with Crippen LogP contribution in [0.1, 0.15) is 54.0 Å². The summed E-state index contributed by atoms with van der Waals surface area (Å²) in [7, 11) is 0. The molecule has 19 heavy (non-hydrogen) atoms. The van der Waals surface area contributed by atoms with Crippen molar-refractivity contribution in [3.05, 3.63) is 16.6 Å². The van der Waals surface area contributed by atoms with E-state index >= 15 is 0 Å². The number of carbonyl (C=O) groups is 1. The number of esters is 1. The second kappa shape index (κ2) is 4.96. The number of thiophene rings is 1. The molecule has 0 atom stereocenters. The summed E-state index contributed by atoms with van der Waals surface area (Å²) in [4.78, 5) is 13.6. The Bertz CT molecular complexity index is 608. The molecule has 2 heterocycles. The van der Waals surface area contributed by atoms with Crippen LogP contribution in [0, 0.1) is 6.92 Å². The highest BCUT2D eigenvalue weighted by Crippen LogP contribution is 2.36. The van der Waals surface area contributed by atoms with E-state index in [1.54, 1.807) is 0 Å². The predicted octanol–water partition coefficient (Wildman–Crippen LogP) is 3.70. The Morgan fingerprint density at radius 2 is 2.26 bits per heavy atom. The summed E-state index contributed by atoms with van der Waals surface area (Å²) in [6.45, 7) is 4.26. The number of ether oxygens (including phenoxy) is 1. The van der Waals surface area contributed by atoms with E-state index < -0.39 is 0 Å². The van der Waals surface area contributed by atoms with Gasteiger partial charge in [-0.2, -0.15) is 5.10 Å². The van der Waals surface area contributed by atoms with Crippen LogP contribution in [0.3, 0.4) is 0 Å². The lowest BCUT2D eigenvalue weighted by atomic mass is 10.2. The van der Waals surface area contributed by atoms with Crippen LogP contribution >= 0.6 is 11.3 Å². The molecule has 3 rings (SSSR count). The topological polar surface area (TPSA) is 44.1 Å². The monoisotopic (exact) mass is 278 g/mol. The molecule has 0 spiro atoms. The first-order valence-corrected chi connectivity index (χ1v) is 7.68. The zero-order chi connectivity index (χ0) is 13.4. The molecule has 0 aliphatic heterocycles. The summed E-state index contributed by atoms with van der Waals surface area (Å²) in [5.74, 6) is -0.221. The van der Waals surface area contributed by atoms with E-state index in [2.05, 4.69) is 9.78 Å². The minimum Gasteiger partial charge on any atom is -0.462 e. The first-order valence-electron chi connectivity index (χ1n) is 6.86. The number of carbonyl (C=O) groups excluding carboxylic acids is 1. The third-order valence-electron chi connectivity index (χ3n) is 3.72. The molecule has 1 fully saturated rings. The van der Waals surface area contributed by atoms with Gasteiger partial charge < -0.3 is 4.74 Å². The zero-order valence-electron chi connectivity index (χ0n) is 11.3. The fourth-order valence-corrected chi connectivity index (χ4v) is 3.90. The molecular formula is C14H18N2O2S. The molecule has 2 aromatic rings. The molecule has 0 saturated heterocycles. The molecule has 2 aromatic heterocycles. The van der Waals surface area contributed by atoms with Crippen molar-refractivity contribution in [1.82, 2.24) is 9.78 Å². The van der Waals surface area contributed by atoms with Gasteiger partial charge in [0.2, 0.25) is 0 Å². The molecule has 0 N–H and O–H groups in total. The molecule has 4 nitrogen and oxygen atoms in total. The van der Waals surface area contributed by atoms with E-state index in [0.29, 0.717) is 17.5 Å². The van der Waals surface area contributed by atoms with Crippen LogP contribution < -0.4 is 0 Å². The van der Waals surface area contributed by atoms with Crippen molar-refractivity contribution in [3.8, 4) is 0 Å². The average molecular weight is 278 g/mol. The number of rotatable bonds is 3. The molecule has 1 saturated carbocycles. The molecule has 0 bridgehead atoms. The van der Waals surface area contributed by atoms with Gasteiger partial charge in [-0.15, -0.1) is 11.3 Å². The molecule has 1 aliphatic carbocycles. The predicted molar refractivity (Wildman–Crippen MR) is 75.8 cm³/mol. The van der Waals surface area contributed by atoms with E-state index in [9.17, 15) is 4.79 Å². The van der Waals surface area contributed by atoms with Gasteiger partial charge in [0, 0.05) is 5.39 Å². The Kier molecular flexibility index (Phi) is 3.31. The van der Waals surface area contributed by atoms with Gasteiger partial charge in [-0.05, 0) is 32.8 Å². The van der Waals surface area contributed by atoms with Crippen molar-refractivity contribution >= 4 is 27.5 Å². The maximum Gasteiger partial charge on any atom is 0.348 e. The summed E-state index contributed by atoms with van der Waals surface area (Å²) in [6.07, 6.45) is 4.95. The van der Waals surface area contributed by atoms with Crippen LogP contribution in [0.5, 0.6) is 0 Å². The lowest BCUT2D eigenvalue weighted by molar-refractivity contribution is 0.0532. The van der Waals surface area contributed by atoms with Gasteiger partial charge in [0.25, 0.3) is 0 Å². The quantitative estimate of drug-likeness (QED) is 0.804. The minimum absolute atomic E-state index is 0.221. The Morgan fingerprint density at radius 1 is 1.53 bits per heavy atom. The van der Waals surface area contributed by atoms with Crippen molar-refractivity contribution < 1.29 is 9.53 Å². The zero-order valence-corrected chi connectivity index (χ0v) is 12.1. The third-order valence-corrected chi connectivity index (χ3v) is 4.82. The Hall–Kier alpha value is -1.36. The normalized spacial score (nSPS) is 16.3. The van der Waals surface area contributed by atoms with Crippen molar-refractivity contribution in [2.45, 2.75) is 45.6 Å². The van der Waals surface area contributed by atoms with Crippen LogP contribution in [0.15, 0.2) is 6.07 Å². The fraction of sp³-hybridized carbons (Fsp3) is 0.571. The van der Waals surface area contributed by atoms with Gasteiger partial charge in [-0.25, -0.2) is 4.79 Å². The summed E-state index contributed by atoms with van der Waals surface area (Å²) >= 11 is 1.51. The van der Waals surface area contributed by atoms with Gasteiger partial charge in [0.1, 0.15) is 9.71 Å². The smallest absolute Gasteiger partial charge is 0.348 e. The number of nitrogens with zero attached hydrogens (tertiary/aromatic N) is 2. The second-order valence-electron chi connectivity index (χ2n) is 5.02. The lowest BCUT2D eigenvalue weighted by Crippen LogP contribution is -2.06. The highest BCUT2D eigenvalue weighted by Gasteiger charge is 2.23. The highest BCUT2D eigenvalue weighted by atomic mass is 32.1. The second-order valence-corrected chi connectivity index (χ2v) is 6.05. The van der Waals surface area contributed by atoms with E-state index in [4.69, 9.17) is 4.74 Å². The van der Waals surface area contributed by atoms with Crippen molar-refractivity contribution in [2.75, 3.05) is 6.61 Å². The molecule has 0 amide bonds. The van der Waals surface area contributed by atoms with Crippen molar-refractivity contribution in [2.24, 2.45) is 0 Å². The summed E-state index contributed by atoms with van der Waals surface area (Å²) in [5.41, 5.74) is 1.01. The maximum absolute atomic E-state index is 11.8. The summed E-state index contributed by atoms with van der Waals surface area (Å²) in [5, 5.41) is 5.75. The standard InChI is InChI=1S/C14H18N2O2S/c1-3-18-14(17)12-8-11-9(2)15-16(13(11)19-12)10-6-4-5-7-10/h8,10H,3-7H2,1-2H3. The van der Waals surface area contributed by atoms with Crippen LogP contribution in [-0.2, 0) is 4.74 Å². The molecule has 0 unspecified atom stereocenters. The average Bonchev–Trinajstić information content (AvgIpc) is 3.08. The molecule has 5 heteroatoms. The Morgan fingerprint density at radius 3 is 2.95 bits per heavy atom. The SMILES string of the molecule is CCOC(=O)c1cc2c(C)nn(C3CCCC3)c2s1. The molecule has 0 radical (unpaired) electrons. The largest absolute Gasteiger partial charge is 0.462 e. The molecule has 0 aromatic carbocycles. The maximum atomic E-state index is 11.8. The lowest BCUT2D eigenvalue weighted by Gasteiger charge is -2.09. The van der Waals surface area contributed by atoms with Crippen LogP contribution in [0.4, 0.5) is 0 Å². The van der Waals surface area contributed by atoms with Crippen LogP contribution in [-0.4, -0.2) is 22.4 Å². The molecule has 1 aliphatic rings. The number of aromatic nitrogens is 2. The van der Waals surface area contributed by atoms with Crippen molar-refractivity contribution in [3.63, 3.8) is 0 Å². The van der Waals surface area contributed by atoms with Gasteiger partial charge in [0.05, 0.1) is 18.3 Å². The number of hydrogen-bond acceptors (Lipinski definition) is 4. The van der Waals surface area contributed by atoms with Gasteiger partial charge in [-0.3, -0.25) is 4.68 Å². The summed E-state index contributed by atoms with van der Waals surface area (Å²) < 4.78 is 7.20. The summed E-state index contributed by atoms with van der Waals surface area (Å²) in [6, 6.07) is 2.43. The number of aryl methyl sites for hydroxylation is 1. The van der Waals surface area contributed by atoms with Gasteiger partial charge >= 0.3 is 5.97 Å².